The van der Waals surface area contributed by atoms with Gasteiger partial charge in [0.2, 0.25) is 5.75 Å². The van der Waals surface area contributed by atoms with Crippen molar-refractivity contribution >= 4 is 0 Å². The SMILES string of the molecule is CCCc1cc(OC)c(O)c(OC)c1. The normalized spacial score (nSPS) is 9.93. The van der Waals surface area contributed by atoms with Gasteiger partial charge < -0.3 is 14.6 Å². The molecule has 78 valence electrons. The van der Waals surface area contributed by atoms with E-state index in [2.05, 4.69) is 6.92 Å². The fourth-order valence-corrected chi connectivity index (χ4v) is 1.38. The first-order chi connectivity index (χ1) is 6.72. The Kier molecular flexibility index (Phi) is 3.63. The number of methoxy groups -OCH3 is 2. The number of phenols is 1. The Labute approximate surface area is 84.3 Å². The Hall–Kier alpha value is -1.38. The van der Waals surface area contributed by atoms with Gasteiger partial charge in [0.25, 0.3) is 0 Å². The van der Waals surface area contributed by atoms with E-state index in [0.717, 1.165) is 18.4 Å². The van der Waals surface area contributed by atoms with E-state index >= 15 is 0 Å². The number of aromatic hydroxyl groups is 1. The van der Waals surface area contributed by atoms with Crippen molar-refractivity contribution in [2.24, 2.45) is 0 Å². The lowest BCUT2D eigenvalue weighted by atomic mass is 10.1. The number of hydrogen-bond acceptors (Lipinski definition) is 3. The maximum atomic E-state index is 9.63. The molecule has 0 spiro atoms. The van der Waals surface area contributed by atoms with Crippen molar-refractivity contribution in [1.82, 2.24) is 0 Å². The first-order valence-electron chi connectivity index (χ1n) is 4.66. The van der Waals surface area contributed by atoms with Crippen molar-refractivity contribution in [3.63, 3.8) is 0 Å². The molecule has 0 saturated carbocycles. The Morgan fingerprint density at radius 3 is 2.00 bits per heavy atom. The highest BCUT2D eigenvalue weighted by Gasteiger charge is 2.10. The van der Waals surface area contributed by atoms with Crippen LogP contribution in [0.4, 0.5) is 0 Å². The largest absolute Gasteiger partial charge is 0.502 e. The molecule has 0 heterocycles. The molecule has 0 aliphatic rings. The minimum Gasteiger partial charge on any atom is -0.502 e. The molecule has 1 N–H and O–H groups in total. The van der Waals surface area contributed by atoms with Crippen LogP contribution in [-0.4, -0.2) is 19.3 Å². The maximum absolute atomic E-state index is 9.63. The third-order valence-electron chi connectivity index (χ3n) is 2.08. The van der Waals surface area contributed by atoms with Crippen molar-refractivity contribution in [2.45, 2.75) is 19.8 Å². The molecule has 0 aromatic heterocycles. The zero-order valence-corrected chi connectivity index (χ0v) is 8.83. The number of phenolic OH excluding ortho intramolecular Hbond substituents is 1. The molecule has 0 amide bonds. The highest BCUT2D eigenvalue weighted by Crippen LogP contribution is 2.37. The molecule has 0 atom stereocenters. The van der Waals surface area contributed by atoms with Crippen LogP contribution in [-0.2, 0) is 6.42 Å². The van der Waals surface area contributed by atoms with Gasteiger partial charge in [0.05, 0.1) is 14.2 Å². The highest BCUT2D eigenvalue weighted by molar-refractivity contribution is 5.52. The van der Waals surface area contributed by atoms with Crippen LogP contribution in [0.1, 0.15) is 18.9 Å². The van der Waals surface area contributed by atoms with E-state index in [1.807, 2.05) is 12.1 Å². The van der Waals surface area contributed by atoms with E-state index in [1.165, 1.54) is 14.2 Å². The fourth-order valence-electron chi connectivity index (χ4n) is 1.38. The third kappa shape index (κ3) is 2.10. The van der Waals surface area contributed by atoms with Crippen LogP contribution in [0.2, 0.25) is 0 Å². The van der Waals surface area contributed by atoms with Crippen LogP contribution < -0.4 is 9.47 Å². The summed E-state index contributed by atoms with van der Waals surface area (Å²) in [5.41, 5.74) is 1.11. The van der Waals surface area contributed by atoms with Crippen LogP contribution in [0.15, 0.2) is 12.1 Å². The fraction of sp³-hybridized carbons (Fsp3) is 0.455. The van der Waals surface area contributed by atoms with E-state index in [4.69, 9.17) is 9.47 Å². The first-order valence-corrected chi connectivity index (χ1v) is 4.66. The molecule has 3 heteroatoms. The summed E-state index contributed by atoms with van der Waals surface area (Å²) in [4.78, 5) is 0. The molecule has 0 fully saturated rings. The Morgan fingerprint density at radius 2 is 1.64 bits per heavy atom. The van der Waals surface area contributed by atoms with Crippen molar-refractivity contribution in [3.8, 4) is 17.2 Å². The van der Waals surface area contributed by atoms with E-state index in [0.29, 0.717) is 11.5 Å². The first kappa shape index (κ1) is 10.7. The predicted octanol–water partition coefficient (Wildman–Crippen LogP) is 2.36. The molecule has 0 aliphatic heterocycles. The summed E-state index contributed by atoms with van der Waals surface area (Å²) in [6.45, 7) is 2.10. The van der Waals surface area contributed by atoms with Gasteiger partial charge in [-0.25, -0.2) is 0 Å². The van der Waals surface area contributed by atoms with Crippen LogP contribution >= 0.6 is 0 Å². The zero-order chi connectivity index (χ0) is 10.6. The highest BCUT2D eigenvalue weighted by atomic mass is 16.5. The van der Waals surface area contributed by atoms with Gasteiger partial charge >= 0.3 is 0 Å². The molecule has 3 nitrogen and oxygen atoms in total. The molecule has 0 radical (unpaired) electrons. The van der Waals surface area contributed by atoms with E-state index < -0.39 is 0 Å². The van der Waals surface area contributed by atoms with Gasteiger partial charge in [0, 0.05) is 0 Å². The van der Waals surface area contributed by atoms with Gasteiger partial charge in [0.15, 0.2) is 11.5 Å². The molecular weight excluding hydrogens is 180 g/mol. The molecule has 0 bridgehead atoms. The molecule has 0 aliphatic carbocycles. The quantitative estimate of drug-likeness (QED) is 0.803. The van der Waals surface area contributed by atoms with E-state index in [-0.39, 0.29) is 5.75 Å². The number of ether oxygens (including phenoxy) is 2. The number of aryl methyl sites for hydroxylation is 1. The Bertz CT molecular complexity index is 282. The molecule has 1 aromatic rings. The summed E-state index contributed by atoms with van der Waals surface area (Å²) < 4.78 is 10.1. The summed E-state index contributed by atoms with van der Waals surface area (Å²) >= 11 is 0. The van der Waals surface area contributed by atoms with Gasteiger partial charge in [0.1, 0.15) is 0 Å². The van der Waals surface area contributed by atoms with Crippen LogP contribution in [0.3, 0.4) is 0 Å². The van der Waals surface area contributed by atoms with Gasteiger partial charge in [-0.1, -0.05) is 13.3 Å². The minimum absolute atomic E-state index is 0.0647. The van der Waals surface area contributed by atoms with Gasteiger partial charge in [-0.15, -0.1) is 0 Å². The summed E-state index contributed by atoms with van der Waals surface area (Å²) in [5, 5.41) is 9.63. The third-order valence-corrected chi connectivity index (χ3v) is 2.08. The van der Waals surface area contributed by atoms with Crippen molar-refractivity contribution in [3.05, 3.63) is 17.7 Å². The van der Waals surface area contributed by atoms with Crippen molar-refractivity contribution < 1.29 is 14.6 Å². The zero-order valence-electron chi connectivity index (χ0n) is 8.83. The molecule has 1 rings (SSSR count). The van der Waals surface area contributed by atoms with Crippen LogP contribution in [0.25, 0.3) is 0 Å². The van der Waals surface area contributed by atoms with Gasteiger partial charge in [-0.2, -0.15) is 0 Å². The second kappa shape index (κ2) is 4.74. The summed E-state index contributed by atoms with van der Waals surface area (Å²) in [7, 11) is 3.06. The standard InChI is InChI=1S/C11H16O3/c1-4-5-8-6-9(13-2)11(12)10(7-8)14-3/h6-7,12H,4-5H2,1-3H3. The van der Waals surface area contributed by atoms with Gasteiger partial charge in [-0.3, -0.25) is 0 Å². The van der Waals surface area contributed by atoms with Crippen LogP contribution in [0.5, 0.6) is 17.2 Å². The lowest BCUT2D eigenvalue weighted by molar-refractivity contribution is 0.339. The lowest BCUT2D eigenvalue weighted by Gasteiger charge is -2.10. The lowest BCUT2D eigenvalue weighted by Crippen LogP contribution is -1.92. The number of hydrogen-bond donors (Lipinski definition) is 1. The second-order valence-electron chi connectivity index (χ2n) is 3.10. The second-order valence-corrected chi connectivity index (χ2v) is 3.10. The van der Waals surface area contributed by atoms with Crippen molar-refractivity contribution in [2.75, 3.05) is 14.2 Å². The summed E-state index contributed by atoms with van der Waals surface area (Å²) in [6, 6.07) is 3.67. The smallest absolute Gasteiger partial charge is 0.200 e. The number of rotatable bonds is 4. The molecule has 14 heavy (non-hydrogen) atoms. The average molecular weight is 196 g/mol. The van der Waals surface area contributed by atoms with E-state index in [9.17, 15) is 5.11 Å². The summed E-state index contributed by atoms with van der Waals surface area (Å²) in [5.74, 6) is 0.996. The minimum atomic E-state index is 0.0647. The Morgan fingerprint density at radius 1 is 1.14 bits per heavy atom. The summed E-state index contributed by atoms with van der Waals surface area (Å²) in [6.07, 6.45) is 2.00. The molecule has 0 unspecified atom stereocenters. The van der Waals surface area contributed by atoms with Crippen LogP contribution in [0, 0.1) is 0 Å². The predicted molar refractivity (Wildman–Crippen MR) is 55.2 cm³/mol. The topological polar surface area (TPSA) is 38.7 Å². The Balaban J connectivity index is 3.11. The monoisotopic (exact) mass is 196 g/mol. The average Bonchev–Trinajstić information content (AvgIpc) is 2.20. The van der Waals surface area contributed by atoms with Crippen molar-refractivity contribution in [1.29, 1.82) is 0 Å². The molecule has 0 saturated heterocycles. The van der Waals surface area contributed by atoms with Gasteiger partial charge in [-0.05, 0) is 24.1 Å². The number of benzene rings is 1. The molecule has 1 aromatic carbocycles. The maximum Gasteiger partial charge on any atom is 0.200 e. The van der Waals surface area contributed by atoms with E-state index in [1.54, 1.807) is 0 Å². The molecular formula is C11H16O3.